The summed E-state index contributed by atoms with van der Waals surface area (Å²) in [7, 11) is -2.24. The van der Waals surface area contributed by atoms with Crippen molar-refractivity contribution in [1.29, 1.82) is 0 Å². The quantitative estimate of drug-likeness (QED) is 0.670. The van der Waals surface area contributed by atoms with E-state index in [1.165, 1.54) is 16.8 Å². The van der Waals surface area contributed by atoms with Gasteiger partial charge in [0.25, 0.3) is 0 Å². The van der Waals surface area contributed by atoms with Crippen LogP contribution in [-0.4, -0.2) is 53.0 Å². The molecule has 0 saturated carbocycles. The van der Waals surface area contributed by atoms with Crippen LogP contribution in [0.4, 0.5) is 5.82 Å². The fourth-order valence-electron chi connectivity index (χ4n) is 2.36. The molecule has 1 aromatic heterocycles. The highest BCUT2D eigenvalue weighted by Gasteiger charge is 2.50. The zero-order valence-corrected chi connectivity index (χ0v) is 15.8. The number of aliphatic hydroxyl groups is 2. The lowest BCUT2D eigenvalue weighted by Gasteiger charge is -2.40. The molecule has 0 bridgehead atoms. The molecule has 0 spiro atoms. The molecule has 1 fully saturated rings. The highest BCUT2D eigenvalue weighted by molar-refractivity contribution is 6.74. The number of nitrogens with two attached hydrogens (primary N) is 1. The topological polar surface area (TPSA) is 120 Å². The van der Waals surface area contributed by atoms with Crippen LogP contribution in [0.1, 0.15) is 27.0 Å². The van der Waals surface area contributed by atoms with Gasteiger partial charge in [0, 0.05) is 6.20 Å². The first kappa shape index (κ1) is 19.1. The van der Waals surface area contributed by atoms with Crippen molar-refractivity contribution in [3.8, 4) is 0 Å². The molecule has 136 valence electrons. The molecule has 0 aliphatic carbocycles. The number of rotatable bonds is 4. The molecule has 0 unspecified atom stereocenters. The Morgan fingerprint density at radius 1 is 1.46 bits per heavy atom. The third-order valence-corrected chi connectivity index (χ3v) is 9.33. The number of nitrogen functional groups attached to an aromatic ring is 1. The summed E-state index contributed by atoms with van der Waals surface area (Å²) in [6.07, 6.45) is -2.05. The number of hydrogen-bond acceptors (Lipinski definition) is 7. The third kappa shape index (κ3) is 3.54. The van der Waals surface area contributed by atoms with Crippen LogP contribution in [0.3, 0.4) is 0 Å². The van der Waals surface area contributed by atoms with Gasteiger partial charge in [-0.1, -0.05) is 20.8 Å². The van der Waals surface area contributed by atoms with Crippen molar-refractivity contribution in [3.63, 3.8) is 0 Å². The van der Waals surface area contributed by atoms with Gasteiger partial charge in [0.2, 0.25) is 0 Å². The molecule has 2 heterocycles. The predicted octanol–water partition coefficient (Wildman–Crippen LogP) is 0.466. The number of hydrogen-bond donors (Lipinski definition) is 3. The maximum Gasteiger partial charge on any atom is 0.351 e. The van der Waals surface area contributed by atoms with Crippen molar-refractivity contribution in [1.82, 2.24) is 9.55 Å². The molecular weight excluding hydrogens is 330 g/mol. The van der Waals surface area contributed by atoms with E-state index in [1.807, 2.05) is 13.1 Å². The van der Waals surface area contributed by atoms with E-state index in [9.17, 15) is 15.0 Å². The van der Waals surface area contributed by atoms with Crippen molar-refractivity contribution < 1.29 is 19.4 Å². The van der Waals surface area contributed by atoms with E-state index in [2.05, 4.69) is 25.8 Å². The molecule has 0 amide bonds. The molecule has 0 radical (unpaired) electrons. The molecule has 8 nitrogen and oxygen atoms in total. The van der Waals surface area contributed by atoms with Gasteiger partial charge in [-0.05, 0) is 24.2 Å². The summed E-state index contributed by atoms with van der Waals surface area (Å²) in [5.41, 5.74) is 4.93. The van der Waals surface area contributed by atoms with Gasteiger partial charge in [0.05, 0.1) is 6.61 Å². The standard InChI is InChI=1S/C15H27N3O5Si/c1-15(2,3)24(4,5)23-12-11(20)9(8-19)22-13(12)18-7-6-10(16)17-14(18)21/h6-7,9,11-13,19-20H,8H2,1-5H3,(H2,16,17,21)/t9-,11-,12-,13-/m1/s1. The van der Waals surface area contributed by atoms with Crippen molar-refractivity contribution in [2.24, 2.45) is 0 Å². The number of aromatic nitrogens is 2. The second-order valence-electron chi connectivity index (χ2n) is 7.62. The summed E-state index contributed by atoms with van der Waals surface area (Å²) < 4.78 is 13.2. The number of aliphatic hydroxyl groups excluding tert-OH is 2. The lowest BCUT2D eigenvalue weighted by atomic mass is 10.1. The fraction of sp³-hybridized carbons (Fsp3) is 0.733. The van der Waals surface area contributed by atoms with Crippen LogP contribution in [0, 0.1) is 0 Å². The van der Waals surface area contributed by atoms with Gasteiger partial charge in [-0.3, -0.25) is 4.57 Å². The van der Waals surface area contributed by atoms with E-state index in [4.69, 9.17) is 14.9 Å². The molecule has 1 aromatic rings. The lowest BCUT2D eigenvalue weighted by Crippen LogP contribution is -2.49. The van der Waals surface area contributed by atoms with Crippen LogP contribution < -0.4 is 11.4 Å². The Morgan fingerprint density at radius 2 is 2.08 bits per heavy atom. The van der Waals surface area contributed by atoms with Gasteiger partial charge in [-0.15, -0.1) is 0 Å². The first-order chi connectivity index (χ1) is 11.0. The van der Waals surface area contributed by atoms with Crippen LogP contribution in [0.5, 0.6) is 0 Å². The van der Waals surface area contributed by atoms with Gasteiger partial charge >= 0.3 is 5.69 Å². The molecule has 1 saturated heterocycles. The molecule has 1 aliphatic heterocycles. The Kier molecular flexibility index (Phi) is 5.21. The van der Waals surface area contributed by atoms with Gasteiger partial charge in [-0.25, -0.2) is 4.79 Å². The summed E-state index contributed by atoms with van der Waals surface area (Å²) in [5.74, 6) is 0.107. The first-order valence-electron chi connectivity index (χ1n) is 7.95. The zero-order chi connectivity index (χ0) is 18.3. The Hall–Kier alpha value is -1.26. The van der Waals surface area contributed by atoms with E-state index in [-0.39, 0.29) is 17.5 Å². The normalized spacial score (nSPS) is 28.3. The van der Waals surface area contributed by atoms with E-state index in [1.54, 1.807) is 0 Å². The van der Waals surface area contributed by atoms with E-state index in [0.29, 0.717) is 0 Å². The third-order valence-electron chi connectivity index (χ3n) is 4.86. The van der Waals surface area contributed by atoms with E-state index in [0.717, 1.165) is 0 Å². The van der Waals surface area contributed by atoms with Crippen LogP contribution >= 0.6 is 0 Å². The molecule has 0 aromatic carbocycles. The molecule has 9 heteroatoms. The van der Waals surface area contributed by atoms with E-state index < -0.39 is 38.5 Å². The van der Waals surface area contributed by atoms with Crippen LogP contribution in [-0.2, 0) is 9.16 Å². The Morgan fingerprint density at radius 3 is 2.58 bits per heavy atom. The Bertz CT molecular complexity index is 643. The number of anilines is 1. The van der Waals surface area contributed by atoms with Gasteiger partial charge in [0.1, 0.15) is 24.1 Å². The Balaban J connectivity index is 2.39. The predicted molar refractivity (Wildman–Crippen MR) is 92.0 cm³/mol. The zero-order valence-electron chi connectivity index (χ0n) is 14.8. The van der Waals surface area contributed by atoms with E-state index >= 15 is 0 Å². The van der Waals surface area contributed by atoms with Crippen LogP contribution in [0.25, 0.3) is 0 Å². The van der Waals surface area contributed by atoms with Crippen LogP contribution in [0.15, 0.2) is 17.1 Å². The highest BCUT2D eigenvalue weighted by atomic mass is 28.4. The average molecular weight is 357 g/mol. The average Bonchev–Trinajstić information content (AvgIpc) is 2.74. The van der Waals surface area contributed by atoms with Crippen molar-refractivity contribution in [2.75, 3.05) is 12.3 Å². The fourth-order valence-corrected chi connectivity index (χ4v) is 3.65. The molecule has 1 aliphatic rings. The molecular formula is C15H27N3O5Si. The second-order valence-corrected chi connectivity index (χ2v) is 12.4. The van der Waals surface area contributed by atoms with Crippen molar-refractivity contribution >= 4 is 14.1 Å². The highest BCUT2D eigenvalue weighted by Crippen LogP contribution is 2.41. The molecule has 24 heavy (non-hydrogen) atoms. The van der Waals surface area contributed by atoms with Gasteiger partial charge in [-0.2, -0.15) is 4.98 Å². The van der Waals surface area contributed by atoms with Gasteiger partial charge in [0.15, 0.2) is 14.5 Å². The summed E-state index contributed by atoms with van der Waals surface area (Å²) in [6, 6.07) is 1.48. The van der Waals surface area contributed by atoms with Crippen molar-refractivity contribution in [3.05, 3.63) is 22.7 Å². The monoisotopic (exact) mass is 357 g/mol. The maximum atomic E-state index is 12.1. The summed E-state index contributed by atoms with van der Waals surface area (Å²) in [5, 5.41) is 19.9. The summed E-state index contributed by atoms with van der Waals surface area (Å²) >= 11 is 0. The largest absolute Gasteiger partial charge is 0.407 e. The molecule has 4 atom stereocenters. The van der Waals surface area contributed by atoms with Gasteiger partial charge < -0.3 is 25.1 Å². The minimum atomic E-state index is -2.24. The van der Waals surface area contributed by atoms with Crippen molar-refractivity contribution in [2.45, 2.75) is 63.4 Å². The second kappa shape index (κ2) is 6.56. The Labute approximate surface area is 142 Å². The lowest BCUT2D eigenvalue weighted by molar-refractivity contribution is -0.0534. The molecule has 2 rings (SSSR count). The number of ether oxygens (including phenoxy) is 1. The minimum Gasteiger partial charge on any atom is -0.407 e. The maximum absolute atomic E-state index is 12.1. The number of nitrogens with zero attached hydrogens (tertiary/aromatic N) is 2. The SMILES string of the molecule is CC(C)(C)[Si](C)(C)O[C@@H]1[C@H](O)[C@@H](CO)O[C@H]1n1ccc(N)nc1=O. The summed E-state index contributed by atoms with van der Waals surface area (Å²) in [4.78, 5) is 15.8. The minimum absolute atomic E-state index is 0.0844. The smallest absolute Gasteiger partial charge is 0.351 e. The van der Waals surface area contributed by atoms with Crippen LogP contribution in [0.2, 0.25) is 18.1 Å². The summed E-state index contributed by atoms with van der Waals surface area (Å²) in [6.45, 7) is 9.97. The molecule has 4 N–H and O–H groups in total. The first-order valence-corrected chi connectivity index (χ1v) is 10.9.